The molecule has 3 fully saturated rings. The van der Waals surface area contributed by atoms with Crippen molar-refractivity contribution in [1.29, 1.82) is 5.26 Å². The van der Waals surface area contributed by atoms with Crippen LogP contribution in [0.25, 0.3) is 11.3 Å². The van der Waals surface area contributed by atoms with Gasteiger partial charge in [0.1, 0.15) is 11.6 Å². The van der Waals surface area contributed by atoms with Crippen LogP contribution in [0.1, 0.15) is 35.8 Å². The molecule has 2 amide bonds. The molecule has 2 N–H and O–H groups in total. The first-order valence-corrected chi connectivity index (χ1v) is 11.9. The average Bonchev–Trinajstić information content (AvgIpc) is 2.88. The van der Waals surface area contributed by atoms with Gasteiger partial charge < -0.3 is 10.6 Å². The molecule has 2 aromatic carbocycles. The Kier molecular flexibility index (Phi) is 6.43. The third-order valence-electron chi connectivity index (χ3n) is 7.00. The summed E-state index contributed by atoms with van der Waals surface area (Å²) in [4.78, 5) is 24.2. The lowest BCUT2D eigenvalue weighted by Gasteiger charge is -2.49. The zero-order chi connectivity index (χ0) is 24.4. The van der Waals surface area contributed by atoms with Gasteiger partial charge in [0.05, 0.1) is 17.3 Å². The van der Waals surface area contributed by atoms with Crippen LogP contribution in [0.15, 0.2) is 54.6 Å². The quantitative estimate of drug-likeness (QED) is 0.574. The Labute approximate surface area is 204 Å². The maximum absolute atomic E-state index is 13.4. The Hall–Kier alpha value is -3.83. The van der Waals surface area contributed by atoms with Crippen LogP contribution < -0.4 is 10.6 Å². The number of hydrogen-bond acceptors (Lipinski definition) is 5. The van der Waals surface area contributed by atoms with E-state index in [2.05, 4.69) is 26.6 Å². The van der Waals surface area contributed by atoms with Crippen LogP contribution in [0.4, 0.5) is 14.9 Å². The van der Waals surface area contributed by atoms with Crippen LogP contribution in [0.5, 0.6) is 0 Å². The number of aromatic nitrogens is 2. The lowest BCUT2D eigenvalue weighted by molar-refractivity contribution is 0.0307. The van der Waals surface area contributed by atoms with Crippen LogP contribution in [0, 0.1) is 30.0 Å². The smallest absolute Gasteiger partial charge is 0.319 e. The van der Waals surface area contributed by atoms with E-state index in [9.17, 15) is 9.18 Å². The molecule has 1 aromatic heterocycles. The second-order valence-corrected chi connectivity index (χ2v) is 9.30. The van der Waals surface area contributed by atoms with Crippen LogP contribution in [0.3, 0.4) is 0 Å². The Morgan fingerprint density at radius 2 is 2.03 bits per heavy atom. The van der Waals surface area contributed by atoms with E-state index in [-0.39, 0.29) is 17.9 Å². The maximum Gasteiger partial charge on any atom is 0.319 e. The van der Waals surface area contributed by atoms with Gasteiger partial charge in [0.25, 0.3) is 0 Å². The van der Waals surface area contributed by atoms with Gasteiger partial charge in [-0.15, -0.1) is 0 Å². The summed E-state index contributed by atoms with van der Waals surface area (Å²) in [7, 11) is 0. The highest BCUT2D eigenvalue weighted by Gasteiger charge is 2.41. The minimum atomic E-state index is -0.269. The fraction of sp³-hybridized carbons (Fsp3) is 0.333. The first kappa shape index (κ1) is 22.9. The van der Waals surface area contributed by atoms with Gasteiger partial charge in [-0.1, -0.05) is 6.07 Å². The number of carbonyl (C=O) groups excluding carboxylic acids is 1. The van der Waals surface area contributed by atoms with Crippen molar-refractivity contribution in [3.63, 3.8) is 0 Å². The summed E-state index contributed by atoms with van der Waals surface area (Å²) in [6, 6.07) is 17.4. The molecule has 1 unspecified atom stereocenters. The molecular formula is C27H27FN6O. The van der Waals surface area contributed by atoms with E-state index in [4.69, 9.17) is 10.2 Å². The molecule has 8 heteroatoms. The Bertz CT molecular complexity index is 1270. The number of benzene rings is 2. The first-order chi connectivity index (χ1) is 17.0. The van der Waals surface area contributed by atoms with Crippen LogP contribution in [-0.4, -0.2) is 46.6 Å². The number of piperidine rings is 3. The summed E-state index contributed by atoms with van der Waals surface area (Å²) < 4.78 is 13.4. The summed E-state index contributed by atoms with van der Waals surface area (Å²) in [6.07, 6.45) is 2.09. The largest absolute Gasteiger partial charge is 0.336 e. The lowest BCUT2D eigenvalue weighted by Crippen LogP contribution is -2.56. The third kappa shape index (κ3) is 5.15. The molecule has 4 heterocycles. The fourth-order valence-electron chi connectivity index (χ4n) is 5.29. The van der Waals surface area contributed by atoms with Crippen molar-refractivity contribution in [3.8, 4) is 17.3 Å². The molecule has 7 nitrogen and oxygen atoms in total. The molecule has 0 aliphatic carbocycles. The van der Waals surface area contributed by atoms with Gasteiger partial charge in [-0.25, -0.2) is 19.2 Å². The molecule has 3 aliphatic heterocycles. The van der Waals surface area contributed by atoms with Crippen molar-refractivity contribution < 1.29 is 9.18 Å². The van der Waals surface area contributed by atoms with Gasteiger partial charge in [-0.05, 0) is 80.8 Å². The Balaban J connectivity index is 1.22. The number of nitriles is 1. The zero-order valence-electron chi connectivity index (χ0n) is 19.5. The third-order valence-corrected chi connectivity index (χ3v) is 7.00. The summed E-state index contributed by atoms with van der Waals surface area (Å²) in [6.45, 7) is 4.36. The van der Waals surface area contributed by atoms with E-state index in [1.165, 1.54) is 12.1 Å². The van der Waals surface area contributed by atoms with Crippen molar-refractivity contribution in [2.75, 3.05) is 25.0 Å². The molecule has 3 saturated heterocycles. The highest BCUT2D eigenvalue weighted by Crippen LogP contribution is 2.41. The molecule has 4 atom stereocenters. The predicted molar refractivity (Wildman–Crippen MR) is 131 cm³/mol. The molecule has 0 spiro atoms. The molecule has 3 aliphatic rings. The number of nitrogens with one attached hydrogen (secondary N) is 2. The molecule has 178 valence electrons. The normalized spacial score (nSPS) is 22.9. The Morgan fingerprint density at radius 3 is 2.77 bits per heavy atom. The van der Waals surface area contributed by atoms with Crippen molar-refractivity contribution in [2.24, 2.45) is 5.92 Å². The molecule has 35 heavy (non-hydrogen) atoms. The van der Waals surface area contributed by atoms with E-state index in [0.29, 0.717) is 35.5 Å². The average molecular weight is 471 g/mol. The van der Waals surface area contributed by atoms with Gasteiger partial charge in [0, 0.05) is 42.0 Å². The second kappa shape index (κ2) is 9.80. The van der Waals surface area contributed by atoms with Crippen LogP contribution in [0.2, 0.25) is 0 Å². The monoisotopic (exact) mass is 470 g/mol. The molecule has 0 radical (unpaired) electrons. The topological polar surface area (TPSA) is 93.9 Å². The maximum atomic E-state index is 13.4. The molecule has 2 bridgehead atoms. The minimum Gasteiger partial charge on any atom is -0.336 e. The SMILES string of the molecule is Cc1nc(-c2ccc(F)cc2)cc([C@H]2CN3CC[C@H]2C[C@@H]3CNC(=O)Nc2cccc(C#N)c2)n1. The summed E-state index contributed by atoms with van der Waals surface area (Å²) in [5.74, 6) is 1.25. The minimum absolute atomic E-state index is 0.263. The van der Waals surface area contributed by atoms with Gasteiger partial charge in [0.15, 0.2) is 0 Å². The van der Waals surface area contributed by atoms with E-state index < -0.39 is 0 Å². The predicted octanol–water partition coefficient (Wildman–Crippen LogP) is 4.46. The standard InChI is InChI=1S/C27H27FN6O/c1-17-31-25(19-5-7-21(28)8-6-19)13-26(32-17)24-16-34-10-9-20(24)12-23(34)15-30-27(35)33-22-4-2-3-18(11-22)14-29/h2-8,11,13,20,23-24H,9-10,12,15-16H2,1H3,(H2,30,33,35)/t20-,23+,24-/m0/s1. The number of aryl methyl sites for hydroxylation is 1. The fourth-order valence-corrected chi connectivity index (χ4v) is 5.29. The van der Waals surface area contributed by atoms with Gasteiger partial charge in [-0.2, -0.15) is 5.26 Å². The van der Waals surface area contributed by atoms with Crippen molar-refractivity contribution in [3.05, 3.63) is 77.5 Å². The number of nitrogens with zero attached hydrogens (tertiary/aromatic N) is 4. The highest BCUT2D eigenvalue weighted by molar-refractivity contribution is 5.89. The number of rotatable bonds is 5. The number of halogens is 1. The number of anilines is 1. The highest BCUT2D eigenvalue weighted by atomic mass is 19.1. The lowest BCUT2D eigenvalue weighted by atomic mass is 9.74. The number of carbonyl (C=O) groups is 1. The number of urea groups is 1. The number of hydrogen-bond donors (Lipinski definition) is 2. The zero-order valence-corrected chi connectivity index (χ0v) is 19.5. The van der Waals surface area contributed by atoms with E-state index in [1.54, 1.807) is 36.4 Å². The van der Waals surface area contributed by atoms with Gasteiger partial charge in [0.2, 0.25) is 0 Å². The van der Waals surface area contributed by atoms with Gasteiger partial charge in [-0.3, -0.25) is 4.90 Å². The van der Waals surface area contributed by atoms with Crippen LogP contribution in [-0.2, 0) is 0 Å². The van der Waals surface area contributed by atoms with E-state index in [0.717, 1.165) is 42.9 Å². The van der Waals surface area contributed by atoms with Crippen molar-refractivity contribution in [2.45, 2.75) is 31.7 Å². The molecule has 3 aromatic rings. The first-order valence-electron chi connectivity index (χ1n) is 11.9. The summed E-state index contributed by atoms with van der Waals surface area (Å²) in [5, 5.41) is 14.8. The summed E-state index contributed by atoms with van der Waals surface area (Å²) >= 11 is 0. The molecule has 0 saturated carbocycles. The van der Waals surface area contributed by atoms with E-state index in [1.807, 2.05) is 13.0 Å². The van der Waals surface area contributed by atoms with Crippen molar-refractivity contribution >= 4 is 11.7 Å². The second-order valence-electron chi connectivity index (χ2n) is 9.30. The van der Waals surface area contributed by atoms with Crippen molar-refractivity contribution in [1.82, 2.24) is 20.2 Å². The molecule has 6 rings (SSSR count). The van der Waals surface area contributed by atoms with Crippen LogP contribution >= 0.6 is 0 Å². The number of amides is 2. The van der Waals surface area contributed by atoms with Gasteiger partial charge >= 0.3 is 6.03 Å². The van der Waals surface area contributed by atoms with E-state index >= 15 is 0 Å². The summed E-state index contributed by atoms with van der Waals surface area (Å²) in [5.41, 5.74) is 3.84. The molecular weight excluding hydrogens is 443 g/mol. The Morgan fingerprint density at radius 1 is 1.20 bits per heavy atom. The number of fused-ring (bicyclic) bond motifs is 3.